The smallest absolute Gasteiger partial charge is 0.269 e. The molecule has 2 saturated heterocycles. The zero-order valence-corrected chi connectivity index (χ0v) is 18.2. The molecule has 166 valence electrons. The number of aromatic nitrogens is 1. The molecule has 3 heterocycles. The number of Topliss-reactive ketones (excluding diaryl/α,β-unsaturated/α-hetero) is 1. The first-order chi connectivity index (χ1) is 14.9. The number of hydrogen-bond acceptors (Lipinski definition) is 6. The van der Waals surface area contributed by atoms with Crippen LogP contribution in [0.3, 0.4) is 0 Å². The number of nitro groups is 1. The van der Waals surface area contributed by atoms with Crippen LogP contribution in [0, 0.1) is 24.0 Å². The minimum absolute atomic E-state index is 0.102. The Bertz CT molecular complexity index is 939. The van der Waals surface area contributed by atoms with Gasteiger partial charge in [-0.05, 0) is 44.9 Å². The Kier molecular flexibility index (Phi) is 6.38. The summed E-state index contributed by atoms with van der Waals surface area (Å²) >= 11 is 0. The summed E-state index contributed by atoms with van der Waals surface area (Å²) in [6.07, 6.45) is 2.45. The van der Waals surface area contributed by atoms with Crippen molar-refractivity contribution in [2.45, 2.75) is 39.3 Å². The number of rotatable bonds is 7. The van der Waals surface area contributed by atoms with Gasteiger partial charge >= 0.3 is 0 Å². The minimum Gasteiger partial charge on any atom is -0.376 e. The zero-order chi connectivity index (χ0) is 22.0. The molecule has 2 fully saturated rings. The van der Waals surface area contributed by atoms with Gasteiger partial charge in [0.1, 0.15) is 0 Å². The lowest BCUT2D eigenvalue weighted by Gasteiger charge is -2.35. The highest BCUT2D eigenvalue weighted by Crippen LogP contribution is 2.23. The van der Waals surface area contributed by atoms with Crippen molar-refractivity contribution in [3.63, 3.8) is 0 Å². The number of ketones is 1. The zero-order valence-electron chi connectivity index (χ0n) is 18.2. The molecule has 0 aliphatic carbocycles. The van der Waals surface area contributed by atoms with Gasteiger partial charge in [-0.25, -0.2) is 0 Å². The predicted molar refractivity (Wildman–Crippen MR) is 119 cm³/mol. The molecule has 0 amide bonds. The standard InChI is InChI=1S/C23H30N4O4/c1-17-14-22(18(2)26(17)15-21-4-3-13-31-21)23(28)16-24-9-11-25(12-10-24)19-5-7-20(8-6-19)27(29)30/h5-8,14,21H,3-4,9-13,15-16H2,1-2H3/t21-/m1/s1. The number of anilines is 1. The van der Waals surface area contributed by atoms with Crippen LogP contribution in [-0.2, 0) is 11.3 Å². The molecule has 1 atom stereocenters. The van der Waals surface area contributed by atoms with E-state index in [0.717, 1.165) is 74.8 Å². The van der Waals surface area contributed by atoms with Gasteiger partial charge in [0.2, 0.25) is 0 Å². The number of carbonyl (C=O) groups is 1. The van der Waals surface area contributed by atoms with E-state index in [0.29, 0.717) is 6.54 Å². The van der Waals surface area contributed by atoms with Crippen molar-refractivity contribution in [1.29, 1.82) is 0 Å². The normalized spacial score (nSPS) is 19.7. The lowest BCUT2D eigenvalue weighted by molar-refractivity contribution is -0.384. The van der Waals surface area contributed by atoms with Crippen molar-refractivity contribution >= 4 is 17.2 Å². The molecule has 0 spiro atoms. The molecule has 0 radical (unpaired) electrons. The monoisotopic (exact) mass is 426 g/mol. The number of nitrogens with zero attached hydrogens (tertiary/aromatic N) is 4. The van der Waals surface area contributed by atoms with Gasteiger partial charge in [0.15, 0.2) is 5.78 Å². The van der Waals surface area contributed by atoms with E-state index in [2.05, 4.69) is 21.3 Å². The van der Waals surface area contributed by atoms with Gasteiger partial charge in [-0.3, -0.25) is 19.8 Å². The fourth-order valence-electron chi connectivity index (χ4n) is 4.59. The number of hydrogen-bond donors (Lipinski definition) is 0. The van der Waals surface area contributed by atoms with Crippen molar-refractivity contribution < 1.29 is 14.5 Å². The van der Waals surface area contributed by atoms with Crippen LogP contribution in [0.1, 0.15) is 34.6 Å². The lowest BCUT2D eigenvalue weighted by Crippen LogP contribution is -2.48. The van der Waals surface area contributed by atoms with Crippen LogP contribution in [0.15, 0.2) is 30.3 Å². The molecule has 4 rings (SSSR count). The SMILES string of the molecule is Cc1cc(C(=O)CN2CCN(c3ccc([N+](=O)[O-])cc3)CC2)c(C)n1C[C@H]1CCCO1. The number of non-ortho nitro benzene ring substituents is 1. The number of carbonyl (C=O) groups excluding carboxylic acids is 1. The van der Waals surface area contributed by atoms with Crippen LogP contribution >= 0.6 is 0 Å². The summed E-state index contributed by atoms with van der Waals surface area (Å²) in [6, 6.07) is 8.68. The number of benzene rings is 1. The number of ether oxygens (including phenoxy) is 1. The predicted octanol–water partition coefficient (Wildman–Crippen LogP) is 3.20. The third kappa shape index (κ3) is 4.80. The molecule has 1 aromatic heterocycles. The van der Waals surface area contributed by atoms with Crippen molar-refractivity contribution in [3.05, 3.63) is 57.4 Å². The molecule has 0 N–H and O–H groups in total. The van der Waals surface area contributed by atoms with Gasteiger partial charge in [0.05, 0.1) is 17.6 Å². The Morgan fingerprint density at radius 3 is 2.48 bits per heavy atom. The highest BCUT2D eigenvalue weighted by molar-refractivity contribution is 5.99. The number of nitro benzene ring substituents is 1. The minimum atomic E-state index is -0.384. The summed E-state index contributed by atoms with van der Waals surface area (Å²) in [5.74, 6) is 0.162. The molecule has 8 heteroatoms. The second-order valence-electron chi connectivity index (χ2n) is 8.49. The van der Waals surface area contributed by atoms with Gasteiger partial charge in [-0.15, -0.1) is 0 Å². The van der Waals surface area contributed by atoms with Crippen LogP contribution in [-0.4, -0.2) is 65.6 Å². The molecule has 0 saturated carbocycles. The van der Waals surface area contributed by atoms with E-state index in [-0.39, 0.29) is 22.5 Å². The second-order valence-corrected chi connectivity index (χ2v) is 8.49. The maximum absolute atomic E-state index is 13.0. The Balaban J connectivity index is 1.33. The molecule has 0 unspecified atom stereocenters. The van der Waals surface area contributed by atoms with E-state index >= 15 is 0 Å². The van der Waals surface area contributed by atoms with Gasteiger partial charge in [0.25, 0.3) is 5.69 Å². The molecule has 0 bridgehead atoms. The fourth-order valence-corrected chi connectivity index (χ4v) is 4.59. The highest BCUT2D eigenvalue weighted by Gasteiger charge is 2.24. The van der Waals surface area contributed by atoms with E-state index in [4.69, 9.17) is 4.74 Å². The molecule has 8 nitrogen and oxygen atoms in total. The van der Waals surface area contributed by atoms with Crippen LogP contribution in [0.2, 0.25) is 0 Å². The average Bonchev–Trinajstić information content (AvgIpc) is 3.38. The quantitative estimate of drug-likeness (QED) is 0.384. The van der Waals surface area contributed by atoms with Crippen molar-refractivity contribution in [3.8, 4) is 0 Å². The van der Waals surface area contributed by atoms with Crippen LogP contribution in [0.4, 0.5) is 11.4 Å². The Morgan fingerprint density at radius 1 is 1.16 bits per heavy atom. The summed E-state index contributed by atoms with van der Waals surface area (Å²) in [7, 11) is 0. The van der Waals surface area contributed by atoms with E-state index in [1.807, 2.05) is 13.0 Å². The van der Waals surface area contributed by atoms with Gasteiger partial charge in [0, 0.05) is 74.1 Å². The Morgan fingerprint density at radius 2 is 1.87 bits per heavy atom. The average molecular weight is 427 g/mol. The third-order valence-corrected chi connectivity index (χ3v) is 6.45. The second kappa shape index (κ2) is 9.20. The molecular weight excluding hydrogens is 396 g/mol. The lowest BCUT2D eigenvalue weighted by atomic mass is 10.1. The highest BCUT2D eigenvalue weighted by atomic mass is 16.6. The van der Waals surface area contributed by atoms with Crippen molar-refractivity contribution in [2.24, 2.45) is 0 Å². The molecular formula is C23H30N4O4. The molecule has 1 aromatic carbocycles. The summed E-state index contributed by atoms with van der Waals surface area (Å²) in [5, 5.41) is 10.8. The Labute approximate surface area is 182 Å². The summed E-state index contributed by atoms with van der Waals surface area (Å²) in [6.45, 7) is 9.32. The number of aryl methyl sites for hydroxylation is 1. The molecule has 2 aliphatic rings. The Hall–Kier alpha value is -2.71. The van der Waals surface area contributed by atoms with E-state index in [1.165, 1.54) is 12.1 Å². The first-order valence-corrected chi connectivity index (χ1v) is 11.0. The summed E-state index contributed by atoms with van der Waals surface area (Å²) in [4.78, 5) is 27.9. The van der Waals surface area contributed by atoms with Gasteiger partial charge in [-0.2, -0.15) is 0 Å². The summed E-state index contributed by atoms with van der Waals surface area (Å²) in [5.41, 5.74) is 4.04. The van der Waals surface area contributed by atoms with Crippen LogP contribution in [0.25, 0.3) is 0 Å². The van der Waals surface area contributed by atoms with E-state index < -0.39 is 0 Å². The van der Waals surface area contributed by atoms with Gasteiger partial charge < -0.3 is 14.2 Å². The topological polar surface area (TPSA) is 80.9 Å². The van der Waals surface area contributed by atoms with Crippen molar-refractivity contribution in [2.75, 3.05) is 44.2 Å². The maximum Gasteiger partial charge on any atom is 0.269 e. The first kappa shape index (κ1) is 21.5. The molecule has 2 aliphatic heterocycles. The van der Waals surface area contributed by atoms with Crippen LogP contribution < -0.4 is 4.90 Å². The maximum atomic E-state index is 13.0. The van der Waals surface area contributed by atoms with Gasteiger partial charge in [-0.1, -0.05) is 0 Å². The molecule has 2 aromatic rings. The largest absolute Gasteiger partial charge is 0.376 e. The number of piperazine rings is 1. The van der Waals surface area contributed by atoms with Crippen LogP contribution in [0.5, 0.6) is 0 Å². The third-order valence-electron chi connectivity index (χ3n) is 6.45. The first-order valence-electron chi connectivity index (χ1n) is 11.0. The van der Waals surface area contributed by atoms with E-state index in [9.17, 15) is 14.9 Å². The molecule has 31 heavy (non-hydrogen) atoms. The van der Waals surface area contributed by atoms with Crippen molar-refractivity contribution in [1.82, 2.24) is 9.47 Å². The van der Waals surface area contributed by atoms with E-state index in [1.54, 1.807) is 12.1 Å². The summed E-state index contributed by atoms with van der Waals surface area (Å²) < 4.78 is 7.99. The fraction of sp³-hybridized carbons (Fsp3) is 0.522.